The highest BCUT2D eigenvalue weighted by Gasteiger charge is 2.25. The van der Waals surface area contributed by atoms with Crippen molar-refractivity contribution in [1.29, 1.82) is 0 Å². The van der Waals surface area contributed by atoms with Gasteiger partial charge in [0.1, 0.15) is 0 Å². The first-order valence-corrected chi connectivity index (χ1v) is 10.4. The molecule has 166 valence electrons. The maximum Gasteiger partial charge on any atom is 0.291 e. The van der Waals surface area contributed by atoms with Gasteiger partial charge in [0.25, 0.3) is 5.91 Å². The highest BCUT2D eigenvalue weighted by molar-refractivity contribution is 6.02. The summed E-state index contributed by atoms with van der Waals surface area (Å²) in [6, 6.07) is 14.0. The maximum atomic E-state index is 14.0. The third-order valence-corrected chi connectivity index (χ3v) is 5.21. The number of guanidine groups is 1. The van der Waals surface area contributed by atoms with Gasteiger partial charge >= 0.3 is 0 Å². The zero-order valence-electron chi connectivity index (χ0n) is 17.7. The minimum atomic E-state index is -0.306. The lowest BCUT2D eigenvalue weighted by Crippen LogP contribution is -2.44. The van der Waals surface area contributed by atoms with Crippen LogP contribution in [-0.2, 0) is 6.54 Å². The van der Waals surface area contributed by atoms with Gasteiger partial charge in [0.05, 0.1) is 6.26 Å². The van der Waals surface area contributed by atoms with Crippen LogP contribution in [0.2, 0.25) is 0 Å². The van der Waals surface area contributed by atoms with E-state index in [4.69, 9.17) is 4.42 Å². The van der Waals surface area contributed by atoms with Crippen molar-refractivity contribution in [3.05, 3.63) is 78.1 Å². The maximum absolute atomic E-state index is 14.0. The average molecular weight is 436 g/mol. The first kappa shape index (κ1) is 21.4. The number of rotatable bonds is 6. The van der Waals surface area contributed by atoms with Crippen molar-refractivity contribution in [3.8, 4) is 0 Å². The number of hydrogen-bond donors (Lipinski definition) is 3. The van der Waals surface area contributed by atoms with E-state index in [-0.39, 0.29) is 23.5 Å². The van der Waals surface area contributed by atoms with Gasteiger partial charge in [-0.15, -0.1) is 0 Å². The average Bonchev–Trinajstić information content (AvgIpc) is 3.50. The molecule has 3 aromatic rings. The molecule has 0 bridgehead atoms. The molecular weight excluding hydrogens is 411 g/mol. The SMILES string of the molecule is CN=C(NCc1ccc(NC(=O)c2ccco2)cc1)NC1CCN(c2ncccc2F)C1. The second-order valence-electron chi connectivity index (χ2n) is 7.44. The van der Waals surface area contributed by atoms with Gasteiger partial charge in [-0.2, -0.15) is 0 Å². The number of nitrogens with one attached hydrogen (secondary N) is 3. The molecule has 1 atom stereocenters. The number of amides is 1. The fourth-order valence-electron chi connectivity index (χ4n) is 3.56. The van der Waals surface area contributed by atoms with Crippen LogP contribution in [0.1, 0.15) is 22.5 Å². The number of hydrogen-bond acceptors (Lipinski definition) is 5. The minimum Gasteiger partial charge on any atom is -0.459 e. The molecule has 4 rings (SSSR count). The fraction of sp³-hybridized carbons (Fsp3) is 0.261. The van der Waals surface area contributed by atoms with E-state index in [0.717, 1.165) is 18.5 Å². The largest absolute Gasteiger partial charge is 0.459 e. The Balaban J connectivity index is 1.26. The number of aliphatic imine (C=N–C) groups is 1. The van der Waals surface area contributed by atoms with Gasteiger partial charge in [0.2, 0.25) is 0 Å². The van der Waals surface area contributed by atoms with Crippen LogP contribution in [0.5, 0.6) is 0 Å². The Morgan fingerprint density at radius 1 is 1.25 bits per heavy atom. The zero-order valence-corrected chi connectivity index (χ0v) is 17.7. The number of carbonyl (C=O) groups is 1. The van der Waals surface area contributed by atoms with Crippen LogP contribution in [0, 0.1) is 5.82 Å². The molecule has 3 N–H and O–H groups in total. The van der Waals surface area contributed by atoms with Crippen molar-refractivity contribution in [1.82, 2.24) is 15.6 Å². The number of benzene rings is 1. The third kappa shape index (κ3) is 5.23. The monoisotopic (exact) mass is 436 g/mol. The van der Waals surface area contributed by atoms with E-state index in [1.807, 2.05) is 29.2 Å². The van der Waals surface area contributed by atoms with E-state index in [0.29, 0.717) is 30.6 Å². The molecule has 1 saturated heterocycles. The number of pyridine rings is 1. The predicted molar refractivity (Wildman–Crippen MR) is 121 cm³/mol. The topological polar surface area (TPSA) is 94.8 Å². The number of anilines is 2. The first-order valence-electron chi connectivity index (χ1n) is 10.4. The first-order chi connectivity index (χ1) is 15.6. The van der Waals surface area contributed by atoms with Crippen molar-refractivity contribution in [2.45, 2.75) is 19.0 Å². The second-order valence-corrected chi connectivity index (χ2v) is 7.44. The minimum absolute atomic E-state index is 0.141. The van der Waals surface area contributed by atoms with Crippen LogP contribution >= 0.6 is 0 Å². The number of furan rings is 1. The number of carbonyl (C=O) groups excluding carboxylic acids is 1. The molecule has 1 aliphatic heterocycles. The standard InChI is InChI=1S/C23H25FN6O2/c1-25-23(29-18-10-12-30(15-18)21-19(24)4-2-11-26-21)27-14-16-6-8-17(9-7-16)28-22(31)20-5-3-13-32-20/h2-9,11,13,18H,10,12,14-15H2,1H3,(H,28,31)(H2,25,27,29). The van der Waals surface area contributed by atoms with Crippen LogP contribution in [0.4, 0.5) is 15.9 Å². The molecule has 0 aliphatic carbocycles. The molecular formula is C23H25FN6O2. The highest BCUT2D eigenvalue weighted by atomic mass is 19.1. The van der Waals surface area contributed by atoms with E-state index in [9.17, 15) is 9.18 Å². The lowest BCUT2D eigenvalue weighted by molar-refractivity contribution is 0.0996. The van der Waals surface area contributed by atoms with Gasteiger partial charge in [-0.3, -0.25) is 9.79 Å². The lowest BCUT2D eigenvalue weighted by atomic mass is 10.2. The highest BCUT2D eigenvalue weighted by Crippen LogP contribution is 2.20. The lowest BCUT2D eigenvalue weighted by Gasteiger charge is -2.20. The number of halogens is 1. The Morgan fingerprint density at radius 2 is 2.09 bits per heavy atom. The third-order valence-electron chi connectivity index (χ3n) is 5.21. The van der Waals surface area contributed by atoms with E-state index in [1.54, 1.807) is 31.4 Å². The molecule has 9 heteroatoms. The molecule has 1 fully saturated rings. The van der Waals surface area contributed by atoms with Gasteiger partial charge in [-0.1, -0.05) is 12.1 Å². The molecule has 0 radical (unpaired) electrons. The van der Waals surface area contributed by atoms with Gasteiger partial charge < -0.3 is 25.3 Å². The summed E-state index contributed by atoms with van der Waals surface area (Å²) in [7, 11) is 1.72. The van der Waals surface area contributed by atoms with E-state index < -0.39 is 0 Å². The molecule has 2 aromatic heterocycles. The second kappa shape index (κ2) is 9.95. The quantitative estimate of drug-likeness (QED) is 0.406. The van der Waals surface area contributed by atoms with Crippen molar-refractivity contribution in [2.24, 2.45) is 4.99 Å². The van der Waals surface area contributed by atoms with Gasteiger partial charge in [-0.25, -0.2) is 9.37 Å². The predicted octanol–water partition coefficient (Wildman–Crippen LogP) is 3.01. The van der Waals surface area contributed by atoms with Crippen LogP contribution in [0.3, 0.4) is 0 Å². The molecule has 1 aromatic carbocycles. The van der Waals surface area contributed by atoms with E-state index in [2.05, 4.69) is 25.9 Å². The van der Waals surface area contributed by atoms with Crippen LogP contribution in [0.15, 0.2) is 70.4 Å². The molecule has 3 heterocycles. The molecule has 32 heavy (non-hydrogen) atoms. The summed E-state index contributed by atoms with van der Waals surface area (Å²) in [5, 5.41) is 9.47. The Labute approximate surface area is 185 Å². The molecule has 8 nitrogen and oxygen atoms in total. The normalized spacial score (nSPS) is 16.1. The zero-order chi connectivity index (χ0) is 22.3. The summed E-state index contributed by atoms with van der Waals surface area (Å²) >= 11 is 0. The molecule has 1 unspecified atom stereocenters. The van der Waals surface area contributed by atoms with Crippen LogP contribution in [0.25, 0.3) is 0 Å². The smallest absolute Gasteiger partial charge is 0.291 e. The Morgan fingerprint density at radius 3 is 2.81 bits per heavy atom. The Kier molecular flexibility index (Phi) is 6.64. The summed E-state index contributed by atoms with van der Waals surface area (Å²) in [6.07, 6.45) is 3.93. The molecule has 1 aliphatic rings. The van der Waals surface area contributed by atoms with Crippen LogP contribution in [-0.4, -0.2) is 43.0 Å². The molecule has 1 amide bonds. The van der Waals surface area contributed by atoms with Crippen molar-refractivity contribution < 1.29 is 13.6 Å². The summed E-state index contributed by atoms with van der Waals surface area (Å²) in [4.78, 5) is 22.4. The number of aromatic nitrogens is 1. The van der Waals surface area contributed by atoms with Crippen LogP contribution < -0.4 is 20.9 Å². The summed E-state index contributed by atoms with van der Waals surface area (Å²) < 4.78 is 19.1. The van der Waals surface area contributed by atoms with Gasteiger partial charge in [0, 0.05) is 44.6 Å². The fourth-order valence-corrected chi connectivity index (χ4v) is 3.56. The molecule has 0 spiro atoms. The summed E-state index contributed by atoms with van der Waals surface area (Å²) in [5.41, 5.74) is 1.72. The van der Waals surface area contributed by atoms with Crippen molar-refractivity contribution >= 4 is 23.4 Å². The van der Waals surface area contributed by atoms with Gasteiger partial charge in [-0.05, 0) is 48.4 Å². The summed E-state index contributed by atoms with van der Waals surface area (Å²) in [5.74, 6) is 0.732. The van der Waals surface area contributed by atoms with Gasteiger partial charge in [0.15, 0.2) is 23.4 Å². The van der Waals surface area contributed by atoms with E-state index >= 15 is 0 Å². The van der Waals surface area contributed by atoms with Crippen molar-refractivity contribution in [3.63, 3.8) is 0 Å². The Bertz CT molecular complexity index is 1070. The Hall–Kier alpha value is -3.88. The summed E-state index contributed by atoms with van der Waals surface area (Å²) in [6.45, 7) is 1.95. The van der Waals surface area contributed by atoms with Crippen molar-refractivity contribution in [2.75, 3.05) is 30.4 Å². The molecule has 0 saturated carbocycles. The number of nitrogens with zero attached hydrogens (tertiary/aromatic N) is 3. The van der Waals surface area contributed by atoms with E-state index in [1.165, 1.54) is 12.3 Å².